The number of phenols is 1. The normalized spacial score (nSPS) is 15.8. The lowest BCUT2D eigenvalue weighted by Crippen LogP contribution is -2.39. The van der Waals surface area contributed by atoms with E-state index in [1.165, 1.54) is 0 Å². The van der Waals surface area contributed by atoms with Crippen LogP contribution in [0.25, 0.3) is 0 Å². The number of rotatable bonds is 4. The smallest absolute Gasteiger partial charge is 0.257 e. The van der Waals surface area contributed by atoms with E-state index in [9.17, 15) is 9.90 Å². The summed E-state index contributed by atoms with van der Waals surface area (Å²) in [5, 5.41) is 14.3. The van der Waals surface area contributed by atoms with Crippen LogP contribution in [-0.2, 0) is 13.0 Å². The number of likely N-dealkylation sites (tertiary alicyclic amines) is 1. The number of aryl methyl sites for hydroxylation is 1. The van der Waals surface area contributed by atoms with Gasteiger partial charge in [-0.1, -0.05) is 13.0 Å². The molecule has 1 amide bonds. The minimum absolute atomic E-state index is 0.0670. The lowest BCUT2D eigenvalue weighted by atomic mass is 9.96. The first kappa shape index (κ1) is 15.6. The van der Waals surface area contributed by atoms with Gasteiger partial charge in [-0.25, -0.2) is 0 Å². The van der Waals surface area contributed by atoms with Crippen LogP contribution in [0.2, 0.25) is 0 Å². The minimum Gasteiger partial charge on any atom is -0.507 e. The van der Waals surface area contributed by atoms with Crippen LogP contribution < -0.4 is 0 Å². The molecule has 2 heterocycles. The van der Waals surface area contributed by atoms with Gasteiger partial charge < -0.3 is 10.0 Å². The zero-order chi connectivity index (χ0) is 16.2. The van der Waals surface area contributed by atoms with Crippen molar-refractivity contribution in [2.24, 2.45) is 5.92 Å². The quantitative estimate of drug-likeness (QED) is 0.944. The molecule has 1 aromatic carbocycles. The Hall–Kier alpha value is -2.30. The molecule has 1 aliphatic heterocycles. The Labute approximate surface area is 136 Å². The van der Waals surface area contributed by atoms with Crippen molar-refractivity contribution in [3.05, 3.63) is 47.8 Å². The van der Waals surface area contributed by atoms with Gasteiger partial charge in [-0.05, 0) is 48.9 Å². The Balaban J connectivity index is 1.60. The first-order valence-corrected chi connectivity index (χ1v) is 8.26. The lowest BCUT2D eigenvalue weighted by Gasteiger charge is -2.32. The molecular weight excluding hydrogens is 290 g/mol. The maximum absolute atomic E-state index is 12.6. The number of piperidine rings is 1. The highest BCUT2D eigenvalue weighted by Crippen LogP contribution is 2.25. The summed E-state index contributed by atoms with van der Waals surface area (Å²) in [4.78, 5) is 14.4. The predicted molar refractivity (Wildman–Crippen MR) is 88.3 cm³/mol. The number of carbonyl (C=O) groups is 1. The average molecular weight is 313 g/mol. The highest BCUT2D eigenvalue weighted by Gasteiger charge is 2.25. The maximum Gasteiger partial charge on any atom is 0.257 e. The van der Waals surface area contributed by atoms with Crippen LogP contribution >= 0.6 is 0 Å². The van der Waals surface area contributed by atoms with Gasteiger partial charge in [0.2, 0.25) is 0 Å². The van der Waals surface area contributed by atoms with E-state index in [0.717, 1.165) is 44.5 Å². The van der Waals surface area contributed by atoms with E-state index >= 15 is 0 Å². The second kappa shape index (κ2) is 6.86. The van der Waals surface area contributed by atoms with Gasteiger partial charge in [0.1, 0.15) is 5.75 Å². The molecule has 23 heavy (non-hydrogen) atoms. The summed E-state index contributed by atoms with van der Waals surface area (Å²) in [6.45, 7) is 4.41. The summed E-state index contributed by atoms with van der Waals surface area (Å²) in [5.74, 6) is 0.575. The summed E-state index contributed by atoms with van der Waals surface area (Å²) < 4.78 is 1.96. The number of aromatic nitrogens is 2. The monoisotopic (exact) mass is 313 g/mol. The summed E-state index contributed by atoms with van der Waals surface area (Å²) >= 11 is 0. The standard InChI is InChI=1S/C18H23N3O2/c1-2-14-4-5-16(17(22)12-14)18(23)20-10-6-15(7-11-20)13-21-9-3-8-19-21/h3-5,8-9,12,15,22H,2,6-7,10-11,13H2,1H3. The van der Waals surface area contributed by atoms with E-state index in [4.69, 9.17) is 0 Å². The van der Waals surface area contributed by atoms with Crippen molar-refractivity contribution in [1.82, 2.24) is 14.7 Å². The van der Waals surface area contributed by atoms with Crippen LogP contribution in [0.15, 0.2) is 36.7 Å². The highest BCUT2D eigenvalue weighted by atomic mass is 16.3. The van der Waals surface area contributed by atoms with Crippen molar-refractivity contribution in [1.29, 1.82) is 0 Å². The van der Waals surface area contributed by atoms with Crippen molar-refractivity contribution in [3.8, 4) is 5.75 Å². The molecule has 0 atom stereocenters. The van der Waals surface area contributed by atoms with Gasteiger partial charge in [0, 0.05) is 32.0 Å². The predicted octanol–water partition coefficient (Wildman–Crippen LogP) is 2.70. The molecule has 122 valence electrons. The van der Waals surface area contributed by atoms with E-state index in [1.807, 2.05) is 34.8 Å². The fraction of sp³-hybridized carbons (Fsp3) is 0.444. The van der Waals surface area contributed by atoms with Gasteiger partial charge >= 0.3 is 0 Å². The summed E-state index contributed by atoms with van der Waals surface area (Å²) in [6.07, 6.45) is 6.56. The van der Waals surface area contributed by atoms with Crippen molar-refractivity contribution in [3.63, 3.8) is 0 Å². The molecular formula is C18H23N3O2. The Morgan fingerprint density at radius 1 is 1.35 bits per heavy atom. The first-order valence-electron chi connectivity index (χ1n) is 8.26. The van der Waals surface area contributed by atoms with Crippen LogP contribution in [-0.4, -0.2) is 38.8 Å². The van der Waals surface area contributed by atoms with Crippen molar-refractivity contribution >= 4 is 5.91 Å². The molecule has 0 saturated carbocycles. The second-order valence-corrected chi connectivity index (χ2v) is 6.17. The number of aromatic hydroxyl groups is 1. The van der Waals surface area contributed by atoms with E-state index in [-0.39, 0.29) is 11.7 Å². The Morgan fingerprint density at radius 2 is 2.13 bits per heavy atom. The molecule has 0 radical (unpaired) electrons. The number of carbonyl (C=O) groups excluding carboxylic acids is 1. The summed E-state index contributed by atoms with van der Waals surface area (Å²) in [6, 6.07) is 7.28. The largest absolute Gasteiger partial charge is 0.507 e. The third-order valence-electron chi connectivity index (χ3n) is 4.61. The Bertz CT molecular complexity index is 659. The number of hydrogen-bond acceptors (Lipinski definition) is 3. The number of phenolic OH excluding ortho intramolecular Hbond substituents is 1. The molecule has 1 aliphatic rings. The van der Waals surface area contributed by atoms with Crippen LogP contribution in [0, 0.1) is 5.92 Å². The molecule has 0 unspecified atom stereocenters. The minimum atomic E-state index is -0.0670. The van der Waals surface area contributed by atoms with Gasteiger partial charge in [-0.3, -0.25) is 9.48 Å². The zero-order valence-corrected chi connectivity index (χ0v) is 13.5. The summed E-state index contributed by atoms with van der Waals surface area (Å²) in [7, 11) is 0. The number of hydrogen-bond donors (Lipinski definition) is 1. The molecule has 1 aromatic heterocycles. The third kappa shape index (κ3) is 3.55. The van der Waals surface area contributed by atoms with E-state index in [1.54, 1.807) is 18.3 Å². The number of benzene rings is 1. The molecule has 0 aliphatic carbocycles. The maximum atomic E-state index is 12.6. The average Bonchev–Trinajstić information content (AvgIpc) is 3.08. The molecule has 1 N–H and O–H groups in total. The fourth-order valence-electron chi connectivity index (χ4n) is 3.14. The van der Waals surface area contributed by atoms with Crippen LogP contribution in [0.3, 0.4) is 0 Å². The first-order chi connectivity index (χ1) is 11.2. The number of amides is 1. The topological polar surface area (TPSA) is 58.4 Å². The van der Waals surface area contributed by atoms with E-state index in [0.29, 0.717) is 11.5 Å². The van der Waals surface area contributed by atoms with Crippen molar-refractivity contribution in [2.45, 2.75) is 32.7 Å². The van der Waals surface area contributed by atoms with Crippen molar-refractivity contribution < 1.29 is 9.90 Å². The van der Waals surface area contributed by atoms with E-state index in [2.05, 4.69) is 5.10 Å². The molecule has 1 fully saturated rings. The lowest BCUT2D eigenvalue weighted by molar-refractivity contribution is 0.0678. The van der Waals surface area contributed by atoms with Crippen LogP contribution in [0.1, 0.15) is 35.7 Å². The zero-order valence-electron chi connectivity index (χ0n) is 13.5. The third-order valence-corrected chi connectivity index (χ3v) is 4.61. The van der Waals surface area contributed by atoms with Gasteiger partial charge in [-0.2, -0.15) is 5.10 Å². The molecule has 2 aromatic rings. The summed E-state index contributed by atoms with van der Waals surface area (Å²) in [5.41, 5.74) is 1.45. The molecule has 1 saturated heterocycles. The van der Waals surface area contributed by atoms with Crippen LogP contribution in [0.5, 0.6) is 5.75 Å². The van der Waals surface area contributed by atoms with Crippen molar-refractivity contribution in [2.75, 3.05) is 13.1 Å². The molecule has 5 heteroatoms. The van der Waals surface area contributed by atoms with Gasteiger partial charge in [0.15, 0.2) is 0 Å². The molecule has 0 bridgehead atoms. The Kier molecular flexibility index (Phi) is 4.65. The molecule has 0 spiro atoms. The SMILES string of the molecule is CCc1ccc(C(=O)N2CCC(Cn3cccn3)CC2)c(O)c1. The van der Waals surface area contributed by atoms with E-state index < -0.39 is 0 Å². The number of nitrogens with zero attached hydrogens (tertiary/aromatic N) is 3. The molecule has 3 rings (SSSR count). The second-order valence-electron chi connectivity index (χ2n) is 6.17. The highest BCUT2D eigenvalue weighted by molar-refractivity contribution is 5.97. The fourth-order valence-corrected chi connectivity index (χ4v) is 3.14. The molecule has 5 nitrogen and oxygen atoms in total. The Morgan fingerprint density at radius 3 is 2.74 bits per heavy atom. The van der Waals surface area contributed by atoms with Gasteiger partial charge in [0.25, 0.3) is 5.91 Å². The van der Waals surface area contributed by atoms with Gasteiger partial charge in [-0.15, -0.1) is 0 Å². The van der Waals surface area contributed by atoms with Crippen LogP contribution in [0.4, 0.5) is 0 Å². The van der Waals surface area contributed by atoms with Gasteiger partial charge in [0.05, 0.1) is 5.56 Å².